The molecule has 0 N–H and O–H groups in total. The predicted molar refractivity (Wildman–Crippen MR) is 206 cm³/mol. The molecule has 2 heterocycles. The van der Waals surface area contributed by atoms with Gasteiger partial charge in [-0.2, -0.15) is 0 Å². The van der Waals surface area contributed by atoms with Crippen LogP contribution in [-0.4, -0.2) is 9.38 Å². The summed E-state index contributed by atoms with van der Waals surface area (Å²) in [6.45, 7) is 0. The Labute approximate surface area is 284 Å². The smallest absolute Gasteiger partial charge is 0.173 e. The minimum absolute atomic E-state index is 0.691. The summed E-state index contributed by atoms with van der Waals surface area (Å²) in [5.74, 6) is 0. The zero-order valence-electron chi connectivity index (χ0n) is 26.4. The van der Waals surface area contributed by atoms with Gasteiger partial charge in [-0.05, 0) is 23.6 Å². The maximum atomic E-state index is 15.9. The number of rotatable bonds is 6. The monoisotopic (exact) mass is 668 g/mol. The van der Waals surface area contributed by atoms with Crippen molar-refractivity contribution in [3.63, 3.8) is 0 Å². The highest BCUT2D eigenvalue weighted by molar-refractivity contribution is 7.86. The summed E-state index contributed by atoms with van der Waals surface area (Å²) in [5.41, 5.74) is 3.20. The lowest BCUT2D eigenvalue weighted by Crippen LogP contribution is -2.26. The second-order valence-corrected chi connectivity index (χ2v) is 17.7. The number of fused-ring (bicyclic) bond motifs is 8. The van der Waals surface area contributed by atoms with Gasteiger partial charge in [-0.25, -0.2) is 4.98 Å². The molecule has 9 rings (SSSR count). The first-order valence-corrected chi connectivity index (χ1v) is 19.7. The Hall–Kier alpha value is -5.53. The molecule has 0 aliphatic rings. The third-order valence-corrected chi connectivity index (χ3v) is 15.7. The summed E-state index contributed by atoms with van der Waals surface area (Å²) in [6, 6.07) is 59.4. The van der Waals surface area contributed by atoms with E-state index in [1.807, 2.05) is 164 Å². The van der Waals surface area contributed by atoms with Crippen LogP contribution in [0.15, 0.2) is 182 Å². The van der Waals surface area contributed by atoms with Crippen LogP contribution in [-0.2, 0) is 9.13 Å². The van der Waals surface area contributed by atoms with Gasteiger partial charge in [-0.1, -0.05) is 164 Å². The van der Waals surface area contributed by atoms with Crippen LogP contribution in [0.4, 0.5) is 0 Å². The van der Waals surface area contributed by atoms with Gasteiger partial charge in [0.1, 0.15) is 11.2 Å². The third kappa shape index (κ3) is 4.42. The van der Waals surface area contributed by atoms with Crippen molar-refractivity contribution in [2.24, 2.45) is 0 Å². The molecule has 2 aromatic heterocycles. The van der Waals surface area contributed by atoms with E-state index in [0.29, 0.717) is 10.8 Å². The van der Waals surface area contributed by atoms with Gasteiger partial charge in [-0.3, -0.25) is 4.40 Å². The largest absolute Gasteiger partial charge is 0.309 e. The molecule has 0 aliphatic heterocycles. The van der Waals surface area contributed by atoms with Crippen molar-refractivity contribution in [3.8, 4) is 0 Å². The van der Waals surface area contributed by atoms with Gasteiger partial charge in [0.2, 0.25) is 0 Å². The number of imidazole rings is 1. The first kappa shape index (κ1) is 29.6. The molecule has 49 heavy (non-hydrogen) atoms. The van der Waals surface area contributed by atoms with Crippen molar-refractivity contribution in [2.45, 2.75) is 0 Å². The second kappa shape index (κ2) is 11.6. The molecule has 9 aromatic rings. The molecule has 0 aliphatic carbocycles. The molecule has 0 bridgehead atoms. The van der Waals surface area contributed by atoms with E-state index in [1.54, 1.807) is 0 Å². The number of aromatic nitrogens is 2. The van der Waals surface area contributed by atoms with Crippen molar-refractivity contribution >= 4 is 84.5 Å². The maximum absolute atomic E-state index is 15.9. The fraction of sp³-hybridized carbons (Fsp3) is 0. The fourth-order valence-corrected chi connectivity index (χ4v) is 13.0. The van der Waals surface area contributed by atoms with Gasteiger partial charge in [0.15, 0.2) is 14.3 Å². The fourth-order valence-electron chi connectivity index (χ4n) is 7.32. The van der Waals surface area contributed by atoms with Crippen LogP contribution in [0.2, 0.25) is 0 Å². The molecular weight excluding hydrogens is 638 g/mol. The number of hydrogen-bond acceptors (Lipinski definition) is 3. The number of nitrogens with zero attached hydrogens (tertiary/aromatic N) is 2. The van der Waals surface area contributed by atoms with E-state index in [0.717, 1.165) is 59.4 Å². The summed E-state index contributed by atoms with van der Waals surface area (Å²) in [5, 5.41) is 7.37. The lowest BCUT2D eigenvalue weighted by molar-refractivity contribution is 0.592. The minimum atomic E-state index is -3.34. The van der Waals surface area contributed by atoms with E-state index < -0.39 is 14.3 Å². The van der Waals surface area contributed by atoms with E-state index in [-0.39, 0.29) is 0 Å². The van der Waals surface area contributed by atoms with Crippen LogP contribution in [0.3, 0.4) is 0 Å². The number of para-hydroxylation sites is 1. The molecular formula is C43H30N2O2P2. The summed E-state index contributed by atoms with van der Waals surface area (Å²) >= 11 is 0. The molecule has 0 amide bonds. The molecule has 0 atom stereocenters. The molecule has 7 aromatic carbocycles. The average Bonchev–Trinajstić information content (AvgIpc) is 3.59. The second-order valence-electron chi connectivity index (χ2n) is 12.2. The molecule has 0 spiro atoms. The topological polar surface area (TPSA) is 51.4 Å². The SMILES string of the molecule is O=P(c1ccccc1)(c1ccccc1)c1cccc2c1nc1c3ccccc3c3c(P(=O)(c4ccccc4)c4ccccc4)cccc3n21. The molecule has 4 nitrogen and oxygen atoms in total. The van der Waals surface area contributed by atoms with Gasteiger partial charge < -0.3 is 9.13 Å². The number of benzene rings is 7. The predicted octanol–water partition coefficient (Wildman–Crippen LogP) is 8.07. The Morgan fingerprint density at radius 2 is 0.796 bits per heavy atom. The molecule has 0 radical (unpaired) electrons. The highest BCUT2D eigenvalue weighted by Crippen LogP contribution is 2.47. The quantitative estimate of drug-likeness (QED) is 0.133. The number of pyridine rings is 1. The molecule has 0 fully saturated rings. The standard InChI is InChI=1S/C43H30N2O2P2/c46-48(31-17-5-1-6-18-31,32-19-7-2-8-20-32)39-29-15-27-37-41(39)35-25-13-14-26-36(35)43-44-42-38(45(37)43)28-16-30-40(42)49(47,33-21-9-3-10-22-33)34-23-11-4-12-24-34/h1-30H. The molecule has 6 heteroatoms. The normalized spacial score (nSPS) is 12.2. The van der Waals surface area contributed by atoms with Crippen molar-refractivity contribution in [1.82, 2.24) is 9.38 Å². The van der Waals surface area contributed by atoms with Gasteiger partial charge in [-0.15, -0.1) is 0 Å². The minimum Gasteiger partial charge on any atom is -0.309 e. The summed E-state index contributed by atoms with van der Waals surface area (Å²) in [7, 11) is -6.68. The van der Waals surface area contributed by atoms with E-state index in [4.69, 9.17) is 4.98 Å². The Kier molecular flexibility index (Phi) is 6.99. The Bertz CT molecular complexity index is 2680. The first-order valence-electron chi connectivity index (χ1n) is 16.3. The zero-order chi connectivity index (χ0) is 33.0. The van der Waals surface area contributed by atoms with Gasteiger partial charge in [0.05, 0.1) is 11.0 Å². The van der Waals surface area contributed by atoms with Crippen LogP contribution in [0.1, 0.15) is 0 Å². The first-order chi connectivity index (χ1) is 24.1. The molecule has 0 unspecified atom stereocenters. The van der Waals surface area contributed by atoms with Crippen LogP contribution >= 0.6 is 14.3 Å². The summed E-state index contributed by atoms with van der Waals surface area (Å²) in [6.07, 6.45) is 0. The molecule has 0 saturated carbocycles. The Morgan fingerprint density at radius 3 is 1.31 bits per heavy atom. The van der Waals surface area contributed by atoms with Crippen molar-refractivity contribution < 1.29 is 9.13 Å². The van der Waals surface area contributed by atoms with E-state index in [9.17, 15) is 0 Å². The maximum Gasteiger partial charge on any atom is 0.173 e. The third-order valence-electron chi connectivity index (χ3n) is 9.52. The van der Waals surface area contributed by atoms with Crippen LogP contribution in [0.5, 0.6) is 0 Å². The Balaban J connectivity index is 1.44. The van der Waals surface area contributed by atoms with Crippen molar-refractivity contribution in [1.29, 1.82) is 0 Å². The highest BCUT2D eigenvalue weighted by Gasteiger charge is 2.35. The van der Waals surface area contributed by atoms with E-state index in [1.165, 1.54) is 0 Å². The lowest BCUT2D eigenvalue weighted by Gasteiger charge is -2.23. The lowest BCUT2D eigenvalue weighted by atomic mass is 10.1. The number of hydrogen-bond donors (Lipinski definition) is 0. The zero-order valence-corrected chi connectivity index (χ0v) is 28.2. The van der Waals surface area contributed by atoms with E-state index in [2.05, 4.69) is 22.6 Å². The van der Waals surface area contributed by atoms with Crippen LogP contribution in [0.25, 0.3) is 38.4 Å². The van der Waals surface area contributed by atoms with Gasteiger partial charge in [0.25, 0.3) is 0 Å². The Morgan fingerprint density at radius 1 is 0.388 bits per heavy atom. The molecule has 234 valence electrons. The summed E-state index contributed by atoms with van der Waals surface area (Å²) < 4.78 is 33.7. The van der Waals surface area contributed by atoms with E-state index >= 15 is 9.13 Å². The highest BCUT2D eigenvalue weighted by atomic mass is 31.2. The average molecular weight is 669 g/mol. The van der Waals surface area contributed by atoms with Crippen LogP contribution < -0.4 is 31.8 Å². The van der Waals surface area contributed by atoms with Gasteiger partial charge >= 0.3 is 0 Å². The molecule has 0 saturated heterocycles. The summed E-state index contributed by atoms with van der Waals surface area (Å²) in [4.78, 5) is 5.34. The van der Waals surface area contributed by atoms with Crippen molar-refractivity contribution in [3.05, 3.63) is 182 Å². The van der Waals surface area contributed by atoms with Crippen molar-refractivity contribution in [2.75, 3.05) is 0 Å². The van der Waals surface area contributed by atoms with Gasteiger partial charge in [0, 0.05) is 42.6 Å². The van der Waals surface area contributed by atoms with Crippen LogP contribution in [0, 0.1) is 0 Å².